The summed E-state index contributed by atoms with van der Waals surface area (Å²) in [6.07, 6.45) is 1.57. The van der Waals surface area contributed by atoms with Gasteiger partial charge in [0, 0.05) is 5.02 Å². The van der Waals surface area contributed by atoms with Gasteiger partial charge >= 0.3 is 6.03 Å². The Morgan fingerprint density at radius 2 is 1.70 bits per heavy atom. The van der Waals surface area contributed by atoms with E-state index < -0.39 is 11.9 Å². The molecule has 0 radical (unpaired) electrons. The van der Waals surface area contributed by atoms with Crippen molar-refractivity contribution < 1.29 is 9.59 Å². The molecule has 23 heavy (non-hydrogen) atoms. The van der Waals surface area contributed by atoms with Gasteiger partial charge in [-0.05, 0) is 48.0 Å². The first-order valence-electron chi connectivity index (χ1n) is 6.71. The summed E-state index contributed by atoms with van der Waals surface area (Å²) in [6, 6.07) is 14.6. The number of nitrogens with zero attached hydrogens (tertiary/aromatic N) is 2. The van der Waals surface area contributed by atoms with Crippen molar-refractivity contribution in [2.75, 3.05) is 4.90 Å². The van der Waals surface area contributed by atoms with E-state index in [1.807, 2.05) is 6.07 Å². The van der Waals surface area contributed by atoms with Crippen molar-refractivity contribution in [1.29, 1.82) is 5.26 Å². The van der Waals surface area contributed by atoms with Crippen molar-refractivity contribution in [2.45, 2.75) is 0 Å². The number of nitrogens with one attached hydrogen (secondary N) is 1. The van der Waals surface area contributed by atoms with Gasteiger partial charge in [0.15, 0.2) is 0 Å². The molecule has 0 aliphatic carbocycles. The Bertz CT molecular complexity index is 849. The second kappa shape index (κ2) is 5.95. The number of halogens is 1. The normalized spacial score (nSPS) is 15.7. The van der Waals surface area contributed by atoms with E-state index in [1.165, 1.54) is 0 Å². The number of urea groups is 1. The van der Waals surface area contributed by atoms with E-state index >= 15 is 0 Å². The Hall–Kier alpha value is -3.10. The molecule has 3 amide bonds. The van der Waals surface area contributed by atoms with E-state index in [2.05, 4.69) is 5.32 Å². The fourth-order valence-corrected chi connectivity index (χ4v) is 2.31. The van der Waals surface area contributed by atoms with E-state index in [9.17, 15) is 9.59 Å². The van der Waals surface area contributed by atoms with Gasteiger partial charge in [0.05, 0.1) is 17.3 Å². The lowest BCUT2D eigenvalue weighted by Gasteiger charge is -2.11. The summed E-state index contributed by atoms with van der Waals surface area (Å²) in [4.78, 5) is 25.5. The van der Waals surface area contributed by atoms with Crippen LogP contribution in [0.1, 0.15) is 11.1 Å². The van der Waals surface area contributed by atoms with Crippen molar-refractivity contribution in [3.63, 3.8) is 0 Å². The van der Waals surface area contributed by atoms with Gasteiger partial charge in [0.25, 0.3) is 5.91 Å². The third-order valence-corrected chi connectivity index (χ3v) is 3.57. The predicted molar refractivity (Wildman–Crippen MR) is 86.6 cm³/mol. The number of anilines is 1. The lowest BCUT2D eigenvalue weighted by atomic mass is 10.1. The van der Waals surface area contributed by atoms with Gasteiger partial charge in [0.2, 0.25) is 0 Å². The van der Waals surface area contributed by atoms with Crippen LogP contribution in [0.25, 0.3) is 6.08 Å². The molecule has 0 spiro atoms. The van der Waals surface area contributed by atoms with E-state index in [-0.39, 0.29) is 5.70 Å². The van der Waals surface area contributed by atoms with Gasteiger partial charge in [-0.1, -0.05) is 23.7 Å². The molecular formula is C17H10ClN3O2. The summed E-state index contributed by atoms with van der Waals surface area (Å²) in [5.41, 5.74) is 1.86. The second-order valence-corrected chi connectivity index (χ2v) is 5.28. The van der Waals surface area contributed by atoms with Crippen molar-refractivity contribution in [3.8, 4) is 6.07 Å². The zero-order chi connectivity index (χ0) is 16.4. The Morgan fingerprint density at radius 3 is 2.30 bits per heavy atom. The van der Waals surface area contributed by atoms with Crippen LogP contribution in [0.15, 0.2) is 54.2 Å². The first kappa shape index (κ1) is 14.8. The molecule has 3 rings (SSSR count). The van der Waals surface area contributed by atoms with Gasteiger partial charge < -0.3 is 5.32 Å². The Morgan fingerprint density at radius 1 is 1.04 bits per heavy atom. The number of amides is 3. The lowest BCUT2D eigenvalue weighted by molar-refractivity contribution is -0.113. The number of nitriles is 1. The Labute approximate surface area is 137 Å². The van der Waals surface area contributed by atoms with Crippen molar-refractivity contribution in [3.05, 3.63) is 70.4 Å². The van der Waals surface area contributed by atoms with Gasteiger partial charge in [-0.25, -0.2) is 9.69 Å². The molecule has 0 atom stereocenters. The van der Waals surface area contributed by atoms with Crippen LogP contribution in [0.4, 0.5) is 10.5 Å². The number of hydrogen-bond donors (Lipinski definition) is 1. The highest BCUT2D eigenvalue weighted by molar-refractivity contribution is 6.31. The largest absolute Gasteiger partial charge is 0.333 e. The Balaban J connectivity index is 1.89. The first-order valence-corrected chi connectivity index (χ1v) is 7.09. The number of rotatable bonds is 2. The van der Waals surface area contributed by atoms with Crippen LogP contribution < -0.4 is 10.2 Å². The van der Waals surface area contributed by atoms with Crippen LogP contribution in [0.2, 0.25) is 5.02 Å². The minimum atomic E-state index is -0.516. The van der Waals surface area contributed by atoms with Crippen LogP contribution in [0, 0.1) is 11.3 Å². The molecule has 0 bridgehead atoms. The molecule has 1 N–H and O–H groups in total. The maximum Gasteiger partial charge on any atom is 0.333 e. The molecule has 6 heteroatoms. The minimum Gasteiger partial charge on any atom is -0.302 e. The molecule has 1 saturated heterocycles. The first-order chi connectivity index (χ1) is 11.1. The maximum atomic E-state index is 12.4. The predicted octanol–water partition coefficient (Wildman–Crippen LogP) is 3.31. The minimum absolute atomic E-state index is 0.176. The fourth-order valence-electron chi connectivity index (χ4n) is 2.18. The standard InChI is InChI=1S/C17H10ClN3O2/c18-13-5-7-14(8-6-13)21-16(22)15(20-17(21)23)9-11-1-3-12(10-19)4-2-11/h1-9H,(H,20,23)/b15-9+. The van der Waals surface area contributed by atoms with Crippen molar-refractivity contribution in [2.24, 2.45) is 0 Å². The van der Waals surface area contributed by atoms with Gasteiger partial charge in [-0.3, -0.25) is 4.79 Å². The summed E-state index contributed by atoms with van der Waals surface area (Å²) in [5, 5.41) is 11.8. The SMILES string of the molecule is N#Cc1ccc(/C=C2/NC(=O)N(c3ccc(Cl)cc3)C2=O)cc1. The van der Waals surface area contributed by atoms with E-state index in [0.717, 1.165) is 4.90 Å². The molecule has 2 aromatic rings. The molecule has 1 aliphatic heterocycles. The smallest absolute Gasteiger partial charge is 0.302 e. The van der Waals surface area contributed by atoms with Crippen molar-refractivity contribution in [1.82, 2.24) is 5.32 Å². The Kier molecular flexibility index (Phi) is 3.83. The molecule has 0 saturated carbocycles. The molecule has 2 aromatic carbocycles. The molecule has 5 nitrogen and oxygen atoms in total. The molecule has 1 fully saturated rings. The number of benzene rings is 2. The maximum absolute atomic E-state index is 12.4. The van der Waals surface area contributed by atoms with E-state index in [1.54, 1.807) is 54.6 Å². The third kappa shape index (κ3) is 2.93. The number of imide groups is 1. The fraction of sp³-hybridized carbons (Fsp3) is 0. The van der Waals surface area contributed by atoms with Crippen LogP contribution >= 0.6 is 11.6 Å². The molecule has 112 valence electrons. The zero-order valence-corrected chi connectivity index (χ0v) is 12.5. The van der Waals surface area contributed by atoms with Crippen LogP contribution in [0.5, 0.6) is 0 Å². The van der Waals surface area contributed by atoms with Crippen LogP contribution in [-0.4, -0.2) is 11.9 Å². The summed E-state index contributed by atoms with van der Waals surface area (Å²) >= 11 is 5.81. The van der Waals surface area contributed by atoms with Crippen molar-refractivity contribution >= 4 is 35.3 Å². The quantitative estimate of drug-likeness (QED) is 0.680. The molecule has 0 aromatic heterocycles. The number of carbonyl (C=O) groups is 2. The lowest BCUT2D eigenvalue weighted by Crippen LogP contribution is -2.30. The van der Waals surface area contributed by atoms with Crippen LogP contribution in [-0.2, 0) is 4.79 Å². The monoisotopic (exact) mass is 323 g/mol. The summed E-state index contributed by atoms with van der Waals surface area (Å²) in [5.74, 6) is -0.443. The third-order valence-electron chi connectivity index (χ3n) is 3.31. The summed E-state index contributed by atoms with van der Waals surface area (Å²) in [7, 11) is 0. The van der Waals surface area contributed by atoms with Gasteiger partial charge in [0.1, 0.15) is 5.70 Å². The van der Waals surface area contributed by atoms with Gasteiger partial charge in [-0.15, -0.1) is 0 Å². The average molecular weight is 324 g/mol. The highest BCUT2D eigenvalue weighted by Crippen LogP contribution is 2.23. The number of carbonyl (C=O) groups excluding carboxylic acids is 2. The molecule has 1 heterocycles. The summed E-state index contributed by atoms with van der Waals surface area (Å²) < 4.78 is 0. The molecule has 1 aliphatic rings. The van der Waals surface area contributed by atoms with Crippen LogP contribution in [0.3, 0.4) is 0 Å². The van der Waals surface area contributed by atoms with Gasteiger partial charge in [-0.2, -0.15) is 5.26 Å². The topological polar surface area (TPSA) is 73.2 Å². The number of hydrogen-bond acceptors (Lipinski definition) is 3. The zero-order valence-electron chi connectivity index (χ0n) is 11.8. The second-order valence-electron chi connectivity index (χ2n) is 4.84. The summed E-state index contributed by atoms with van der Waals surface area (Å²) in [6.45, 7) is 0. The highest BCUT2D eigenvalue weighted by Gasteiger charge is 2.34. The average Bonchev–Trinajstić information content (AvgIpc) is 2.83. The highest BCUT2D eigenvalue weighted by atomic mass is 35.5. The molecular weight excluding hydrogens is 314 g/mol. The molecule has 0 unspecified atom stereocenters. The van der Waals surface area contributed by atoms with E-state index in [0.29, 0.717) is 21.8 Å². The van der Waals surface area contributed by atoms with E-state index in [4.69, 9.17) is 16.9 Å².